The van der Waals surface area contributed by atoms with E-state index in [-0.39, 0.29) is 22.5 Å². The van der Waals surface area contributed by atoms with Crippen molar-refractivity contribution in [3.8, 4) is 65.1 Å². The summed E-state index contributed by atoms with van der Waals surface area (Å²) >= 11 is 2.46. The zero-order valence-corrected chi connectivity index (χ0v) is 25.8. The first-order valence-electron chi connectivity index (χ1n) is 14.1. The van der Waals surface area contributed by atoms with Crippen molar-refractivity contribution in [3.63, 3.8) is 0 Å². The highest BCUT2D eigenvalue weighted by Crippen LogP contribution is 2.39. The summed E-state index contributed by atoms with van der Waals surface area (Å²) < 4.78 is 81.8. The zero-order valence-electron chi connectivity index (χ0n) is 24.2. The Morgan fingerprint density at radius 1 is 0.396 bits per heavy atom. The van der Waals surface area contributed by atoms with Gasteiger partial charge in [0.25, 0.3) is 0 Å². The van der Waals surface area contributed by atoms with Gasteiger partial charge in [-0.25, -0.2) is 9.97 Å². The lowest BCUT2D eigenvalue weighted by Gasteiger charge is -2.12. The quantitative estimate of drug-likeness (QED) is 0.162. The highest BCUT2D eigenvalue weighted by atomic mass is 32.1. The third-order valence-corrected chi connectivity index (χ3v) is 9.15. The van der Waals surface area contributed by atoms with Crippen LogP contribution in [-0.2, 0) is 12.4 Å². The molecule has 3 aromatic carbocycles. The van der Waals surface area contributed by atoms with Crippen LogP contribution in [0.5, 0.6) is 0 Å². The van der Waals surface area contributed by atoms with Crippen LogP contribution >= 0.6 is 22.7 Å². The van der Waals surface area contributed by atoms with Crippen LogP contribution in [0.2, 0.25) is 0 Å². The molecule has 4 aromatic heterocycles. The Bertz CT molecular complexity index is 2110. The molecule has 7 aromatic rings. The molecule has 7 rings (SSSR count). The third kappa shape index (κ3) is 6.31. The van der Waals surface area contributed by atoms with Gasteiger partial charge in [0.1, 0.15) is 21.4 Å². The fourth-order valence-corrected chi connectivity index (χ4v) is 6.61. The Hall–Kier alpha value is -5.34. The van der Waals surface area contributed by atoms with Crippen molar-refractivity contribution in [2.75, 3.05) is 0 Å². The van der Waals surface area contributed by atoms with E-state index >= 15 is 0 Å². The first-order valence-corrected chi connectivity index (χ1v) is 15.7. The molecule has 4 heterocycles. The lowest BCUT2D eigenvalue weighted by molar-refractivity contribution is -0.137. The summed E-state index contributed by atoms with van der Waals surface area (Å²) in [4.78, 5) is 8.93. The van der Waals surface area contributed by atoms with Crippen LogP contribution in [0.1, 0.15) is 11.1 Å². The molecular formula is C34H18F6N6S2. The van der Waals surface area contributed by atoms with Crippen molar-refractivity contribution in [2.24, 2.45) is 0 Å². The van der Waals surface area contributed by atoms with E-state index in [1.54, 1.807) is 24.3 Å². The number of pyridine rings is 2. The molecule has 238 valence electrons. The van der Waals surface area contributed by atoms with Gasteiger partial charge in [0.2, 0.25) is 0 Å². The molecule has 0 amide bonds. The second-order valence-corrected chi connectivity index (χ2v) is 12.3. The lowest BCUT2D eigenvalue weighted by Crippen LogP contribution is -2.07. The highest BCUT2D eigenvalue weighted by Gasteiger charge is 2.34. The van der Waals surface area contributed by atoms with Crippen LogP contribution in [0.15, 0.2) is 109 Å². The Balaban J connectivity index is 1.15. The fraction of sp³-hybridized carbons (Fsp3) is 0.0588. The van der Waals surface area contributed by atoms with Crippen molar-refractivity contribution < 1.29 is 26.3 Å². The van der Waals surface area contributed by atoms with Gasteiger partial charge in [-0.2, -0.15) is 26.3 Å². The van der Waals surface area contributed by atoms with Gasteiger partial charge < -0.3 is 0 Å². The minimum Gasteiger partial charge on any atom is -0.245 e. The molecule has 0 spiro atoms. The molecule has 0 atom stereocenters. The van der Waals surface area contributed by atoms with Crippen molar-refractivity contribution >= 4 is 22.7 Å². The molecular weight excluding hydrogens is 671 g/mol. The van der Waals surface area contributed by atoms with Gasteiger partial charge in [-0.1, -0.05) is 89.4 Å². The standard InChI is InChI=1S/C34H18F6N6S2/c35-33(36,37)23-12-3-1-10-21(23)25-14-6-16-27(41-25)31-45-43-29(47-31)19-8-5-9-20(18-19)30-44-46-32(48-30)28-17-7-15-26(42-28)22-11-2-4-13-24(22)34(38,39)40/h1-18H. The zero-order chi connectivity index (χ0) is 33.5. The maximum atomic E-state index is 13.6. The molecule has 6 nitrogen and oxygen atoms in total. The van der Waals surface area contributed by atoms with Crippen molar-refractivity contribution in [1.82, 2.24) is 30.4 Å². The average Bonchev–Trinajstić information content (AvgIpc) is 3.79. The molecule has 0 N–H and O–H groups in total. The molecule has 14 heteroatoms. The molecule has 48 heavy (non-hydrogen) atoms. The van der Waals surface area contributed by atoms with E-state index in [9.17, 15) is 26.3 Å². The topological polar surface area (TPSA) is 77.3 Å². The SMILES string of the molecule is FC(F)(F)c1ccccc1-c1cccc(-c2nnc(-c3cccc(-c4nnc(-c5cccc(-c6ccccc6C(F)(F)F)n5)s4)c3)s2)n1. The number of rotatable bonds is 6. The Morgan fingerprint density at radius 3 is 1.21 bits per heavy atom. The summed E-state index contributed by atoms with van der Waals surface area (Å²) in [6.45, 7) is 0. The van der Waals surface area contributed by atoms with E-state index in [4.69, 9.17) is 0 Å². The van der Waals surface area contributed by atoms with E-state index in [0.717, 1.165) is 23.3 Å². The molecule has 0 saturated heterocycles. The average molecular weight is 689 g/mol. The third-order valence-electron chi connectivity index (χ3n) is 7.16. The normalized spacial score (nSPS) is 12.0. The van der Waals surface area contributed by atoms with Crippen LogP contribution in [0, 0.1) is 0 Å². The van der Waals surface area contributed by atoms with Crippen LogP contribution in [-0.4, -0.2) is 30.4 Å². The number of halogens is 6. The smallest absolute Gasteiger partial charge is 0.245 e. The van der Waals surface area contributed by atoms with Gasteiger partial charge in [-0.05, 0) is 42.5 Å². The van der Waals surface area contributed by atoms with E-state index in [2.05, 4.69) is 30.4 Å². The molecule has 0 bridgehead atoms. The molecule has 0 saturated carbocycles. The second kappa shape index (κ2) is 12.4. The summed E-state index contributed by atoms with van der Waals surface area (Å²) in [5, 5.41) is 19.1. The maximum absolute atomic E-state index is 13.6. The predicted octanol–water partition coefficient (Wildman–Crippen LogP) is 10.2. The van der Waals surface area contributed by atoms with Gasteiger partial charge in [0.15, 0.2) is 10.0 Å². The Kier molecular flexibility index (Phi) is 8.05. The van der Waals surface area contributed by atoms with Gasteiger partial charge in [-0.3, -0.25) is 0 Å². The lowest BCUT2D eigenvalue weighted by atomic mass is 10.0. The summed E-state index contributed by atoms with van der Waals surface area (Å²) in [5.74, 6) is 0. The van der Waals surface area contributed by atoms with Gasteiger partial charge in [0, 0.05) is 22.3 Å². The number of alkyl halides is 6. The predicted molar refractivity (Wildman–Crippen MR) is 172 cm³/mol. The van der Waals surface area contributed by atoms with Gasteiger partial charge >= 0.3 is 12.4 Å². The van der Waals surface area contributed by atoms with Crippen molar-refractivity contribution in [1.29, 1.82) is 0 Å². The minimum absolute atomic E-state index is 0.0335. The summed E-state index contributed by atoms with van der Waals surface area (Å²) in [5.41, 5.74) is 0.899. The maximum Gasteiger partial charge on any atom is 0.417 e. The summed E-state index contributed by atoms with van der Waals surface area (Å²) in [6.07, 6.45) is -9.07. The minimum atomic E-state index is -4.54. The van der Waals surface area contributed by atoms with Crippen molar-refractivity contribution in [3.05, 3.63) is 120 Å². The molecule has 0 unspecified atom stereocenters. The Morgan fingerprint density at radius 2 is 0.771 bits per heavy atom. The van der Waals surface area contributed by atoms with E-state index in [1.165, 1.54) is 71.2 Å². The fourth-order valence-electron chi connectivity index (χ4n) is 4.99. The first-order chi connectivity index (χ1) is 23.0. The number of aromatic nitrogens is 6. The largest absolute Gasteiger partial charge is 0.417 e. The second-order valence-electron chi connectivity index (χ2n) is 10.3. The number of nitrogens with zero attached hydrogens (tertiary/aromatic N) is 6. The van der Waals surface area contributed by atoms with Gasteiger partial charge in [-0.15, -0.1) is 20.4 Å². The van der Waals surface area contributed by atoms with Crippen LogP contribution in [0.25, 0.3) is 65.1 Å². The van der Waals surface area contributed by atoms with Crippen LogP contribution in [0.4, 0.5) is 26.3 Å². The molecule has 0 aliphatic carbocycles. The van der Waals surface area contributed by atoms with E-state index < -0.39 is 23.5 Å². The van der Waals surface area contributed by atoms with Crippen molar-refractivity contribution in [2.45, 2.75) is 12.4 Å². The highest BCUT2D eigenvalue weighted by molar-refractivity contribution is 7.18. The molecule has 0 radical (unpaired) electrons. The number of hydrogen-bond acceptors (Lipinski definition) is 8. The number of hydrogen-bond donors (Lipinski definition) is 0. The summed E-state index contributed by atoms with van der Waals surface area (Å²) in [6, 6.07) is 27.5. The van der Waals surface area contributed by atoms with Crippen LogP contribution in [0.3, 0.4) is 0 Å². The molecule has 0 aliphatic heterocycles. The molecule has 0 fully saturated rings. The first kappa shape index (κ1) is 31.3. The summed E-state index contributed by atoms with van der Waals surface area (Å²) in [7, 11) is 0. The van der Waals surface area contributed by atoms with E-state index in [1.807, 2.05) is 24.3 Å². The van der Waals surface area contributed by atoms with Crippen LogP contribution < -0.4 is 0 Å². The van der Waals surface area contributed by atoms with E-state index in [0.29, 0.717) is 31.4 Å². The monoisotopic (exact) mass is 688 g/mol. The molecule has 0 aliphatic rings. The van der Waals surface area contributed by atoms with Gasteiger partial charge in [0.05, 0.1) is 22.5 Å². The Labute approximate surface area is 276 Å². The number of benzene rings is 3.